The second kappa shape index (κ2) is 7.32. The molecule has 5 heteroatoms. The molecule has 1 atom stereocenters. The van der Waals surface area contributed by atoms with Crippen LogP contribution in [0.15, 0.2) is 76.9 Å². The molecular formula is C23H18F2N2O. The van der Waals surface area contributed by atoms with Gasteiger partial charge in [-0.3, -0.25) is 0 Å². The van der Waals surface area contributed by atoms with Gasteiger partial charge in [-0.25, -0.2) is 8.78 Å². The van der Waals surface area contributed by atoms with Crippen molar-refractivity contribution in [1.82, 2.24) is 0 Å². The fourth-order valence-corrected chi connectivity index (χ4v) is 3.90. The van der Waals surface area contributed by atoms with Crippen molar-refractivity contribution in [3.8, 4) is 6.07 Å². The van der Waals surface area contributed by atoms with Gasteiger partial charge in [0.15, 0.2) is 0 Å². The Morgan fingerprint density at radius 2 is 1.82 bits per heavy atom. The van der Waals surface area contributed by atoms with Crippen LogP contribution in [0, 0.1) is 23.0 Å². The lowest BCUT2D eigenvalue weighted by molar-refractivity contribution is 0.277. The number of halogens is 2. The number of ether oxygens (including phenoxy) is 1. The maximum absolute atomic E-state index is 13.9. The van der Waals surface area contributed by atoms with E-state index in [1.807, 2.05) is 12.1 Å². The summed E-state index contributed by atoms with van der Waals surface area (Å²) in [5.74, 6) is -0.481. The van der Waals surface area contributed by atoms with E-state index in [9.17, 15) is 14.0 Å². The first kappa shape index (κ1) is 18.0. The number of benzene rings is 2. The van der Waals surface area contributed by atoms with Gasteiger partial charge in [-0.15, -0.1) is 0 Å². The Morgan fingerprint density at radius 3 is 2.54 bits per heavy atom. The van der Waals surface area contributed by atoms with Gasteiger partial charge in [0.1, 0.15) is 29.0 Å². The van der Waals surface area contributed by atoms with Crippen molar-refractivity contribution >= 4 is 6.08 Å². The summed E-state index contributed by atoms with van der Waals surface area (Å²) >= 11 is 0. The van der Waals surface area contributed by atoms with Crippen LogP contribution in [0.25, 0.3) is 6.08 Å². The molecule has 0 radical (unpaired) electrons. The first-order chi connectivity index (χ1) is 13.6. The molecule has 0 saturated heterocycles. The van der Waals surface area contributed by atoms with Crippen LogP contribution in [-0.2, 0) is 4.74 Å². The van der Waals surface area contributed by atoms with Crippen molar-refractivity contribution < 1.29 is 13.5 Å². The minimum absolute atomic E-state index is 0.0301. The maximum atomic E-state index is 13.9. The summed E-state index contributed by atoms with van der Waals surface area (Å²) in [6.45, 7) is 0. The highest BCUT2D eigenvalue weighted by atomic mass is 19.1. The highest BCUT2D eigenvalue weighted by molar-refractivity contribution is 5.62. The van der Waals surface area contributed by atoms with Crippen LogP contribution in [-0.4, -0.2) is 0 Å². The SMILES string of the molecule is N#CC1=C(N)OC2=C(CCC/C2=C/c2cccc(F)c2)[C@H]1c1cccc(F)c1. The van der Waals surface area contributed by atoms with Crippen LogP contribution >= 0.6 is 0 Å². The summed E-state index contributed by atoms with van der Waals surface area (Å²) in [4.78, 5) is 0. The molecule has 0 fully saturated rings. The molecule has 2 aromatic rings. The zero-order chi connectivity index (χ0) is 19.7. The monoisotopic (exact) mass is 376 g/mol. The van der Waals surface area contributed by atoms with Gasteiger partial charge in [-0.2, -0.15) is 5.26 Å². The van der Waals surface area contributed by atoms with E-state index in [4.69, 9.17) is 10.5 Å². The Morgan fingerprint density at radius 1 is 1.07 bits per heavy atom. The predicted octanol–water partition coefficient (Wildman–Crippen LogP) is 5.29. The number of nitrogens with zero attached hydrogens (tertiary/aromatic N) is 1. The average Bonchev–Trinajstić information content (AvgIpc) is 2.67. The van der Waals surface area contributed by atoms with Gasteiger partial charge < -0.3 is 10.5 Å². The highest BCUT2D eigenvalue weighted by Gasteiger charge is 2.35. The molecule has 2 aliphatic rings. The molecule has 2 aromatic carbocycles. The molecule has 0 bridgehead atoms. The van der Waals surface area contributed by atoms with Crippen molar-refractivity contribution in [3.05, 3.63) is 99.7 Å². The molecule has 0 unspecified atom stereocenters. The minimum Gasteiger partial charge on any atom is -0.440 e. The zero-order valence-corrected chi connectivity index (χ0v) is 15.1. The third kappa shape index (κ3) is 3.29. The minimum atomic E-state index is -0.444. The lowest BCUT2D eigenvalue weighted by Gasteiger charge is -2.33. The van der Waals surface area contributed by atoms with Crippen LogP contribution in [0.4, 0.5) is 8.78 Å². The smallest absolute Gasteiger partial charge is 0.205 e. The molecule has 0 amide bonds. The van der Waals surface area contributed by atoms with E-state index in [1.54, 1.807) is 18.2 Å². The Hall–Kier alpha value is -3.39. The van der Waals surface area contributed by atoms with Crippen LogP contribution in [0.5, 0.6) is 0 Å². The van der Waals surface area contributed by atoms with Crippen molar-refractivity contribution in [3.63, 3.8) is 0 Å². The Bertz CT molecular complexity index is 1080. The second-order valence-corrected chi connectivity index (χ2v) is 6.91. The number of hydrogen-bond donors (Lipinski definition) is 1. The summed E-state index contributed by atoms with van der Waals surface area (Å²) < 4.78 is 33.3. The van der Waals surface area contributed by atoms with Gasteiger partial charge in [0.2, 0.25) is 5.88 Å². The lowest BCUT2D eigenvalue weighted by atomic mass is 9.77. The standard InChI is InChI=1S/C23H18F2N2O/c24-17-7-1-4-14(11-17)10-16-6-3-9-19-21(15-5-2-8-18(25)12-15)20(13-26)23(27)28-22(16)19/h1-2,4-5,7-8,10-12,21H,3,6,9,27H2/b16-10-/t21-/m1/s1. The summed E-state index contributed by atoms with van der Waals surface area (Å²) in [7, 11) is 0. The highest BCUT2D eigenvalue weighted by Crippen LogP contribution is 2.46. The van der Waals surface area contributed by atoms with Crippen molar-refractivity contribution in [2.75, 3.05) is 0 Å². The average molecular weight is 376 g/mol. The van der Waals surface area contributed by atoms with Gasteiger partial charge in [0.25, 0.3) is 0 Å². The van der Waals surface area contributed by atoms with E-state index in [-0.39, 0.29) is 23.1 Å². The van der Waals surface area contributed by atoms with Crippen molar-refractivity contribution in [2.24, 2.45) is 5.73 Å². The van der Waals surface area contributed by atoms with E-state index in [2.05, 4.69) is 6.07 Å². The van der Waals surface area contributed by atoms with Gasteiger partial charge in [0, 0.05) is 5.92 Å². The first-order valence-electron chi connectivity index (χ1n) is 9.09. The van der Waals surface area contributed by atoms with Crippen LogP contribution in [0.1, 0.15) is 36.3 Å². The summed E-state index contributed by atoms with van der Waals surface area (Å²) in [5, 5.41) is 9.64. The number of allylic oxidation sites excluding steroid dienone is 3. The van der Waals surface area contributed by atoms with E-state index in [0.717, 1.165) is 36.0 Å². The fraction of sp³-hybridized carbons (Fsp3) is 0.174. The molecule has 2 N–H and O–H groups in total. The lowest BCUT2D eigenvalue weighted by Crippen LogP contribution is -2.23. The molecular weight excluding hydrogens is 358 g/mol. The van der Waals surface area contributed by atoms with Crippen LogP contribution in [0.3, 0.4) is 0 Å². The molecule has 1 aliphatic heterocycles. The molecule has 1 aliphatic carbocycles. The maximum Gasteiger partial charge on any atom is 0.205 e. The van der Waals surface area contributed by atoms with Crippen LogP contribution < -0.4 is 5.73 Å². The number of nitrogens with two attached hydrogens (primary N) is 1. The van der Waals surface area contributed by atoms with Crippen molar-refractivity contribution in [2.45, 2.75) is 25.2 Å². The molecule has 28 heavy (non-hydrogen) atoms. The van der Waals surface area contributed by atoms with E-state index < -0.39 is 5.92 Å². The third-order valence-corrected chi connectivity index (χ3v) is 5.08. The zero-order valence-electron chi connectivity index (χ0n) is 15.1. The quantitative estimate of drug-likeness (QED) is 0.774. The summed E-state index contributed by atoms with van der Waals surface area (Å²) in [5.41, 5.74) is 9.55. The number of rotatable bonds is 2. The Labute approximate surface area is 162 Å². The fourth-order valence-electron chi connectivity index (χ4n) is 3.90. The third-order valence-electron chi connectivity index (χ3n) is 5.08. The van der Waals surface area contributed by atoms with Gasteiger partial charge in [-0.05, 0) is 71.9 Å². The number of hydrogen-bond acceptors (Lipinski definition) is 3. The Balaban J connectivity index is 1.85. The topological polar surface area (TPSA) is 59.0 Å². The first-order valence-corrected chi connectivity index (χ1v) is 9.09. The molecule has 140 valence electrons. The number of nitriles is 1. The van der Waals surface area contributed by atoms with Crippen molar-refractivity contribution in [1.29, 1.82) is 5.26 Å². The van der Waals surface area contributed by atoms with Gasteiger partial charge in [0.05, 0.1) is 0 Å². The van der Waals surface area contributed by atoms with E-state index in [1.165, 1.54) is 24.3 Å². The largest absolute Gasteiger partial charge is 0.440 e. The molecule has 0 spiro atoms. The molecule has 0 saturated carbocycles. The predicted molar refractivity (Wildman–Crippen MR) is 102 cm³/mol. The van der Waals surface area contributed by atoms with Crippen LogP contribution in [0.2, 0.25) is 0 Å². The molecule has 4 rings (SSSR count). The summed E-state index contributed by atoms with van der Waals surface area (Å²) in [6, 6.07) is 14.7. The van der Waals surface area contributed by atoms with Gasteiger partial charge >= 0.3 is 0 Å². The molecule has 0 aromatic heterocycles. The molecule has 3 nitrogen and oxygen atoms in total. The van der Waals surface area contributed by atoms with E-state index in [0.29, 0.717) is 11.3 Å². The van der Waals surface area contributed by atoms with E-state index >= 15 is 0 Å². The molecule has 1 heterocycles. The second-order valence-electron chi connectivity index (χ2n) is 6.91. The normalized spacial score (nSPS) is 20.6. The summed E-state index contributed by atoms with van der Waals surface area (Å²) in [6.07, 6.45) is 4.20. The Kier molecular flexibility index (Phi) is 4.70. The van der Waals surface area contributed by atoms with Gasteiger partial charge in [-0.1, -0.05) is 24.3 Å².